The molecule has 0 atom stereocenters. The molecule has 3 rings (SSSR count). The summed E-state index contributed by atoms with van der Waals surface area (Å²) in [6, 6.07) is 14.8. The Morgan fingerprint density at radius 3 is 2.76 bits per heavy atom. The molecule has 1 aliphatic rings. The van der Waals surface area contributed by atoms with E-state index in [-0.39, 0.29) is 5.91 Å². The van der Waals surface area contributed by atoms with Gasteiger partial charge in [-0.25, -0.2) is 0 Å². The van der Waals surface area contributed by atoms with E-state index in [9.17, 15) is 4.79 Å². The molecule has 1 amide bonds. The topological polar surface area (TPSA) is 32.7 Å². The zero-order valence-electron chi connectivity index (χ0n) is 11.1. The molecule has 2 aromatic carbocycles. The van der Waals surface area contributed by atoms with Gasteiger partial charge in [-0.05, 0) is 40.2 Å². The number of amidine groups is 1. The molecular formula is C16H12BrClN2O. The van der Waals surface area contributed by atoms with Crippen LogP contribution in [-0.4, -0.2) is 29.7 Å². The molecule has 2 aromatic rings. The predicted octanol–water partition coefficient (Wildman–Crippen LogP) is 4.01. The van der Waals surface area contributed by atoms with Crippen molar-refractivity contribution in [3.63, 3.8) is 0 Å². The number of hydrogen-bond acceptors (Lipinski definition) is 2. The first-order valence-electron chi connectivity index (χ1n) is 6.53. The molecule has 0 spiro atoms. The number of halogens is 2. The van der Waals surface area contributed by atoms with Crippen molar-refractivity contribution < 1.29 is 4.79 Å². The van der Waals surface area contributed by atoms with Crippen molar-refractivity contribution in [2.75, 3.05) is 13.1 Å². The highest BCUT2D eigenvalue weighted by molar-refractivity contribution is 9.10. The predicted molar refractivity (Wildman–Crippen MR) is 88.0 cm³/mol. The van der Waals surface area contributed by atoms with Crippen LogP contribution in [0.25, 0.3) is 0 Å². The quantitative estimate of drug-likeness (QED) is 0.793. The summed E-state index contributed by atoms with van der Waals surface area (Å²) < 4.78 is 0.785. The third-order valence-corrected chi connectivity index (χ3v) is 4.20. The third kappa shape index (κ3) is 2.87. The summed E-state index contributed by atoms with van der Waals surface area (Å²) in [7, 11) is 0. The number of aliphatic imine (C=N–C) groups is 1. The molecule has 1 heterocycles. The summed E-state index contributed by atoms with van der Waals surface area (Å²) in [5, 5.41) is 0.635. The Morgan fingerprint density at radius 2 is 2.00 bits per heavy atom. The zero-order valence-corrected chi connectivity index (χ0v) is 13.4. The Hall–Kier alpha value is -1.65. The molecule has 0 radical (unpaired) electrons. The molecule has 3 nitrogen and oxygen atoms in total. The number of amides is 1. The van der Waals surface area contributed by atoms with Crippen molar-refractivity contribution in [3.05, 3.63) is 69.2 Å². The minimum Gasteiger partial charge on any atom is -0.291 e. The molecule has 0 saturated carbocycles. The lowest BCUT2D eigenvalue weighted by Gasteiger charge is -2.19. The minimum absolute atomic E-state index is 0.0568. The maximum Gasteiger partial charge on any atom is 0.260 e. The summed E-state index contributed by atoms with van der Waals surface area (Å²) in [4.78, 5) is 18.9. The minimum atomic E-state index is -0.0568. The van der Waals surface area contributed by atoms with Gasteiger partial charge in [0.05, 0.1) is 12.1 Å². The van der Waals surface area contributed by atoms with Crippen molar-refractivity contribution >= 4 is 39.3 Å². The van der Waals surface area contributed by atoms with Crippen LogP contribution in [0.15, 0.2) is 58.0 Å². The molecule has 0 aliphatic carbocycles. The molecule has 0 aromatic heterocycles. The fourth-order valence-electron chi connectivity index (χ4n) is 2.30. The first-order chi connectivity index (χ1) is 10.2. The molecule has 1 aliphatic heterocycles. The Bertz CT molecular complexity index is 730. The number of carbonyl (C=O) groups is 1. The number of nitrogens with zero attached hydrogens (tertiary/aromatic N) is 2. The van der Waals surface area contributed by atoms with Gasteiger partial charge < -0.3 is 0 Å². The van der Waals surface area contributed by atoms with Gasteiger partial charge in [-0.3, -0.25) is 14.7 Å². The number of rotatable bonds is 2. The summed E-state index contributed by atoms with van der Waals surface area (Å²) >= 11 is 9.45. The summed E-state index contributed by atoms with van der Waals surface area (Å²) in [6.45, 7) is 1.19. The summed E-state index contributed by atoms with van der Waals surface area (Å²) in [5.41, 5.74) is 1.49. The van der Waals surface area contributed by atoms with Crippen LogP contribution in [-0.2, 0) is 0 Å². The molecule has 0 N–H and O–H groups in total. The average molecular weight is 364 g/mol. The van der Waals surface area contributed by atoms with Gasteiger partial charge in [0.15, 0.2) is 0 Å². The SMILES string of the molecule is O=C(c1ccccc1Br)N1CCN=C1c1cccc(Cl)c1. The van der Waals surface area contributed by atoms with Crippen LogP contribution < -0.4 is 0 Å². The standard InChI is InChI=1S/C16H12BrClN2O/c17-14-7-2-1-6-13(14)16(21)20-9-8-19-15(20)11-4-3-5-12(18)10-11/h1-7,10H,8-9H2. The van der Waals surface area contributed by atoms with Crippen LogP contribution in [0.5, 0.6) is 0 Å². The molecular weight excluding hydrogens is 352 g/mol. The smallest absolute Gasteiger partial charge is 0.260 e. The van der Waals surface area contributed by atoms with Crippen molar-refractivity contribution in [1.29, 1.82) is 0 Å². The van der Waals surface area contributed by atoms with Crippen LogP contribution in [0, 0.1) is 0 Å². The second kappa shape index (κ2) is 6.00. The van der Waals surface area contributed by atoms with Gasteiger partial charge in [0.1, 0.15) is 5.84 Å². The number of carbonyl (C=O) groups excluding carboxylic acids is 1. The van der Waals surface area contributed by atoms with E-state index in [1.54, 1.807) is 17.0 Å². The normalized spacial score (nSPS) is 14.2. The van der Waals surface area contributed by atoms with Gasteiger partial charge in [-0.1, -0.05) is 35.9 Å². The van der Waals surface area contributed by atoms with Crippen molar-refractivity contribution in [2.45, 2.75) is 0 Å². The molecule has 0 fully saturated rings. The molecule has 21 heavy (non-hydrogen) atoms. The van der Waals surface area contributed by atoms with Crippen LogP contribution in [0.4, 0.5) is 0 Å². The highest BCUT2D eigenvalue weighted by Crippen LogP contribution is 2.22. The van der Waals surface area contributed by atoms with Gasteiger partial charge in [-0.15, -0.1) is 0 Å². The first kappa shape index (κ1) is 14.3. The average Bonchev–Trinajstić information content (AvgIpc) is 2.96. The van der Waals surface area contributed by atoms with Crippen LogP contribution in [0.3, 0.4) is 0 Å². The molecule has 0 saturated heterocycles. The Labute approximate surface area is 136 Å². The molecule has 0 bridgehead atoms. The monoisotopic (exact) mass is 362 g/mol. The Balaban J connectivity index is 1.94. The first-order valence-corrected chi connectivity index (χ1v) is 7.71. The summed E-state index contributed by atoms with van der Waals surface area (Å²) in [5.74, 6) is 0.622. The van der Waals surface area contributed by atoms with Crippen molar-refractivity contribution in [3.8, 4) is 0 Å². The second-order valence-corrected chi connectivity index (χ2v) is 5.94. The molecule has 5 heteroatoms. The molecule has 0 unspecified atom stereocenters. The largest absolute Gasteiger partial charge is 0.291 e. The lowest BCUT2D eigenvalue weighted by atomic mass is 10.1. The highest BCUT2D eigenvalue weighted by atomic mass is 79.9. The zero-order chi connectivity index (χ0) is 14.8. The van der Waals surface area contributed by atoms with Gasteiger partial charge in [0.25, 0.3) is 5.91 Å². The van der Waals surface area contributed by atoms with E-state index >= 15 is 0 Å². The second-order valence-electron chi connectivity index (χ2n) is 4.65. The fraction of sp³-hybridized carbons (Fsp3) is 0.125. The van der Waals surface area contributed by atoms with E-state index in [4.69, 9.17) is 11.6 Å². The molecule has 106 valence electrons. The van der Waals surface area contributed by atoms with E-state index in [1.807, 2.05) is 36.4 Å². The lowest BCUT2D eigenvalue weighted by Crippen LogP contribution is -2.35. The van der Waals surface area contributed by atoms with Gasteiger partial charge in [0, 0.05) is 21.6 Å². The van der Waals surface area contributed by atoms with Crippen molar-refractivity contribution in [2.24, 2.45) is 4.99 Å². The number of hydrogen-bond donors (Lipinski definition) is 0. The van der Waals surface area contributed by atoms with Gasteiger partial charge >= 0.3 is 0 Å². The van der Waals surface area contributed by atoms with Crippen molar-refractivity contribution in [1.82, 2.24) is 4.90 Å². The number of benzene rings is 2. The Kier molecular flexibility index (Phi) is 4.08. The van der Waals surface area contributed by atoms with E-state index in [1.165, 1.54) is 0 Å². The third-order valence-electron chi connectivity index (χ3n) is 3.27. The van der Waals surface area contributed by atoms with Crippen LogP contribution in [0.2, 0.25) is 5.02 Å². The summed E-state index contributed by atoms with van der Waals surface area (Å²) in [6.07, 6.45) is 0. The lowest BCUT2D eigenvalue weighted by molar-refractivity contribution is 0.0857. The maximum atomic E-state index is 12.7. The van der Waals surface area contributed by atoms with E-state index in [0.29, 0.717) is 29.5 Å². The van der Waals surface area contributed by atoms with Gasteiger partial charge in [0.2, 0.25) is 0 Å². The Morgan fingerprint density at radius 1 is 1.19 bits per heavy atom. The van der Waals surface area contributed by atoms with E-state index in [2.05, 4.69) is 20.9 Å². The maximum absolute atomic E-state index is 12.7. The van der Waals surface area contributed by atoms with E-state index < -0.39 is 0 Å². The highest BCUT2D eigenvalue weighted by Gasteiger charge is 2.26. The van der Waals surface area contributed by atoms with E-state index in [0.717, 1.165) is 10.0 Å². The van der Waals surface area contributed by atoms with Crippen LogP contribution >= 0.6 is 27.5 Å². The fourth-order valence-corrected chi connectivity index (χ4v) is 2.94. The van der Waals surface area contributed by atoms with Gasteiger partial charge in [-0.2, -0.15) is 0 Å². The van der Waals surface area contributed by atoms with Crippen LogP contribution in [0.1, 0.15) is 15.9 Å².